The summed E-state index contributed by atoms with van der Waals surface area (Å²) < 4.78 is 12.7. The number of anilines is 1. The number of nitrogens with zero attached hydrogens (tertiary/aromatic N) is 4. The highest BCUT2D eigenvalue weighted by molar-refractivity contribution is 6.25. The minimum absolute atomic E-state index is 0.0611. The first-order chi connectivity index (χ1) is 31.0. The highest BCUT2D eigenvalue weighted by Gasteiger charge is 2.47. The average molecular weight is 866 g/mol. The van der Waals surface area contributed by atoms with Crippen molar-refractivity contribution >= 4 is 46.4 Å². The number of ether oxygens (including phenoxy) is 2. The number of hydrogen-bond donors (Lipinski definition) is 3. The van der Waals surface area contributed by atoms with Crippen molar-refractivity contribution in [2.24, 2.45) is 17.8 Å². The van der Waals surface area contributed by atoms with Gasteiger partial charge in [-0.2, -0.15) is 0 Å². The molecule has 2 atom stereocenters. The lowest BCUT2D eigenvalue weighted by Gasteiger charge is -2.46. The number of phenolic OH excluding ortho intramolecular Hbond substituents is 2. The van der Waals surface area contributed by atoms with Crippen LogP contribution in [0, 0.1) is 17.8 Å². The second kappa shape index (κ2) is 16.8. The van der Waals surface area contributed by atoms with Gasteiger partial charge in [-0.1, -0.05) is 30.3 Å². The Morgan fingerprint density at radius 3 is 2.33 bits per heavy atom. The number of piperidine rings is 1. The van der Waals surface area contributed by atoms with E-state index >= 15 is 0 Å². The predicted octanol–water partition coefficient (Wildman–Crippen LogP) is 5.64. The Hall–Kier alpha value is -6.67. The van der Waals surface area contributed by atoms with E-state index in [0.717, 1.165) is 90.5 Å². The number of imide groups is 2. The van der Waals surface area contributed by atoms with Crippen LogP contribution >= 0.6 is 0 Å². The van der Waals surface area contributed by atoms with Gasteiger partial charge in [-0.15, -0.1) is 0 Å². The summed E-state index contributed by atoms with van der Waals surface area (Å²) in [6.07, 6.45) is 2.41. The van der Waals surface area contributed by atoms with E-state index in [-0.39, 0.29) is 36.2 Å². The van der Waals surface area contributed by atoms with E-state index in [1.165, 1.54) is 0 Å². The number of piperazine rings is 1. The first-order valence-corrected chi connectivity index (χ1v) is 22.3. The van der Waals surface area contributed by atoms with Crippen LogP contribution in [0.15, 0.2) is 84.9 Å². The van der Waals surface area contributed by atoms with Crippen molar-refractivity contribution in [3.05, 3.63) is 113 Å². The van der Waals surface area contributed by atoms with Crippen molar-refractivity contribution in [2.45, 2.75) is 51.2 Å². The monoisotopic (exact) mass is 865 g/mol. The molecule has 5 heterocycles. The number of benzene rings is 4. The molecule has 14 heteroatoms. The van der Waals surface area contributed by atoms with Crippen molar-refractivity contribution in [3.63, 3.8) is 0 Å². The second-order valence-electron chi connectivity index (χ2n) is 18.1. The summed E-state index contributed by atoms with van der Waals surface area (Å²) in [6.45, 7) is 8.00. The standard InChI is InChI=1S/C50H51N5O9/c1-29-39-25-36(57)10-14-42(39)64-46(44(29)33-4-2-5-35(56)24-33)32-8-11-37(12-9-32)63-21-16-30-22-34(23-30)48(60)53-19-17-52(18-20-53)26-31-27-54(28-31)40-7-3-6-38-45(40)50(62)55(49(38)61)41-13-15-43(58)51-47(41)59/h2-12,14,24-25,30-31,34,41,46,56-57H,13,15-23,26-28H2,1H3,(H,51,58,59)/t30?,34?,41?,46-/m1/s1. The molecule has 1 saturated carbocycles. The Balaban J connectivity index is 0.657. The maximum absolute atomic E-state index is 13.6. The zero-order valence-electron chi connectivity index (χ0n) is 35.7. The molecule has 1 aliphatic carbocycles. The number of phenols is 2. The number of carbonyl (C=O) groups excluding carboxylic acids is 5. The van der Waals surface area contributed by atoms with Gasteiger partial charge >= 0.3 is 0 Å². The number of aromatic hydroxyl groups is 2. The van der Waals surface area contributed by atoms with Crippen molar-refractivity contribution < 1.29 is 43.7 Å². The molecule has 0 bridgehead atoms. The summed E-state index contributed by atoms with van der Waals surface area (Å²) in [7, 11) is 0. The first kappa shape index (κ1) is 41.3. The van der Waals surface area contributed by atoms with Gasteiger partial charge < -0.3 is 29.5 Å². The van der Waals surface area contributed by atoms with Gasteiger partial charge in [0.15, 0.2) is 0 Å². The molecule has 64 heavy (non-hydrogen) atoms. The van der Waals surface area contributed by atoms with Crippen molar-refractivity contribution in [1.29, 1.82) is 0 Å². The highest BCUT2D eigenvalue weighted by atomic mass is 16.5. The van der Waals surface area contributed by atoms with Crippen molar-refractivity contribution in [3.8, 4) is 23.0 Å². The van der Waals surface area contributed by atoms with Crippen LogP contribution in [0.25, 0.3) is 11.1 Å². The zero-order chi connectivity index (χ0) is 44.2. The molecule has 6 aliphatic rings. The van der Waals surface area contributed by atoms with Gasteiger partial charge in [0.05, 0.1) is 23.4 Å². The summed E-state index contributed by atoms with van der Waals surface area (Å²) in [5, 5.41) is 22.7. The van der Waals surface area contributed by atoms with E-state index in [1.807, 2.05) is 54.3 Å². The quantitative estimate of drug-likeness (QED) is 0.160. The lowest BCUT2D eigenvalue weighted by atomic mass is 9.72. The molecular formula is C50H51N5O9. The topological polar surface area (TPSA) is 169 Å². The smallest absolute Gasteiger partial charge is 0.264 e. The normalized spacial score (nSPS) is 23.5. The minimum Gasteiger partial charge on any atom is -0.508 e. The molecule has 3 N–H and O–H groups in total. The van der Waals surface area contributed by atoms with E-state index < -0.39 is 35.8 Å². The molecule has 14 nitrogen and oxygen atoms in total. The van der Waals surface area contributed by atoms with Gasteiger partial charge in [-0.25, -0.2) is 0 Å². The number of hydrogen-bond acceptors (Lipinski definition) is 11. The third-order valence-electron chi connectivity index (χ3n) is 13.9. The molecule has 3 saturated heterocycles. The Bertz CT molecular complexity index is 2570. The van der Waals surface area contributed by atoms with E-state index in [2.05, 4.69) is 15.1 Å². The molecule has 0 aromatic heterocycles. The molecule has 1 unspecified atom stereocenters. The van der Waals surface area contributed by atoms with Crippen molar-refractivity contribution in [1.82, 2.24) is 20.0 Å². The van der Waals surface area contributed by atoms with Crippen LogP contribution in [-0.2, 0) is 14.4 Å². The van der Waals surface area contributed by atoms with E-state index in [9.17, 15) is 34.2 Å². The number of carbonyl (C=O) groups is 5. The Morgan fingerprint density at radius 1 is 0.828 bits per heavy atom. The Labute approximate surface area is 371 Å². The third-order valence-corrected chi connectivity index (χ3v) is 13.9. The van der Waals surface area contributed by atoms with Crippen molar-refractivity contribution in [2.75, 3.05) is 57.3 Å². The number of rotatable bonds is 11. The van der Waals surface area contributed by atoms with E-state index in [4.69, 9.17) is 9.47 Å². The Morgan fingerprint density at radius 2 is 1.58 bits per heavy atom. The molecule has 10 rings (SSSR count). The van der Waals surface area contributed by atoms with Crippen LogP contribution in [-0.4, -0.2) is 113 Å². The number of fused-ring (bicyclic) bond motifs is 2. The second-order valence-corrected chi connectivity index (χ2v) is 18.1. The molecule has 4 fully saturated rings. The molecule has 5 amide bonds. The van der Waals surface area contributed by atoms with Gasteiger partial charge in [-0.3, -0.25) is 39.1 Å². The Kier molecular flexibility index (Phi) is 10.9. The fraction of sp³-hybridized carbons (Fsp3) is 0.380. The van der Waals surface area contributed by atoms with Gasteiger partial charge in [0, 0.05) is 75.2 Å². The molecule has 4 aromatic carbocycles. The minimum atomic E-state index is -0.992. The molecular weight excluding hydrogens is 815 g/mol. The van der Waals surface area contributed by atoms with E-state index in [0.29, 0.717) is 54.1 Å². The first-order valence-electron chi connectivity index (χ1n) is 22.3. The van der Waals surface area contributed by atoms with Gasteiger partial charge in [0.25, 0.3) is 11.8 Å². The van der Waals surface area contributed by atoms with Crippen LogP contribution in [0.5, 0.6) is 23.0 Å². The summed E-state index contributed by atoms with van der Waals surface area (Å²) in [5.74, 6) is 0.917. The predicted molar refractivity (Wildman–Crippen MR) is 237 cm³/mol. The summed E-state index contributed by atoms with van der Waals surface area (Å²) in [6, 6.07) is 24.4. The fourth-order valence-corrected chi connectivity index (χ4v) is 10.4. The van der Waals surface area contributed by atoms with E-state index in [1.54, 1.807) is 42.5 Å². The summed E-state index contributed by atoms with van der Waals surface area (Å²) in [4.78, 5) is 72.1. The van der Waals surface area contributed by atoms with Crippen LogP contribution in [0.1, 0.15) is 82.5 Å². The average Bonchev–Trinajstić information content (AvgIpc) is 3.51. The lowest BCUT2D eigenvalue weighted by Crippen LogP contribution is -2.56. The molecule has 0 spiro atoms. The zero-order valence-corrected chi connectivity index (χ0v) is 35.7. The molecule has 330 valence electrons. The number of amides is 5. The van der Waals surface area contributed by atoms with Crippen LogP contribution < -0.4 is 19.7 Å². The number of nitrogens with one attached hydrogen (secondary N) is 1. The molecule has 0 radical (unpaired) electrons. The van der Waals surface area contributed by atoms with Gasteiger partial charge in [0.1, 0.15) is 35.1 Å². The molecule has 4 aromatic rings. The van der Waals surface area contributed by atoms with Crippen LogP contribution in [0.3, 0.4) is 0 Å². The van der Waals surface area contributed by atoms with Crippen LogP contribution in [0.2, 0.25) is 0 Å². The number of allylic oxidation sites excluding steroid dienone is 1. The SMILES string of the molecule is CC1=C(c2cccc(O)c2)[C@@H](c2ccc(OCCC3CC(C(=O)N4CCN(CC5CN(c6cccc7c6C(=O)N(C6CCC(=O)NC6=O)C7=O)C5)CC4)C3)cc2)Oc2ccc(O)cc21. The van der Waals surface area contributed by atoms with Gasteiger partial charge in [-0.05, 0) is 110 Å². The highest BCUT2D eigenvalue weighted by Crippen LogP contribution is 2.48. The maximum Gasteiger partial charge on any atom is 0.264 e. The largest absolute Gasteiger partial charge is 0.508 e. The fourth-order valence-electron chi connectivity index (χ4n) is 10.4. The van der Waals surface area contributed by atoms with Gasteiger partial charge in [0.2, 0.25) is 17.7 Å². The molecule has 5 aliphatic heterocycles. The summed E-state index contributed by atoms with van der Waals surface area (Å²) in [5.41, 5.74) is 5.79. The summed E-state index contributed by atoms with van der Waals surface area (Å²) >= 11 is 0. The third kappa shape index (κ3) is 7.73. The lowest BCUT2D eigenvalue weighted by molar-refractivity contribution is -0.142. The maximum atomic E-state index is 13.6. The van der Waals surface area contributed by atoms with Crippen LogP contribution in [0.4, 0.5) is 5.69 Å².